The molecule has 3 rings (SSSR count). The van der Waals surface area contributed by atoms with Crippen LogP contribution in [0.2, 0.25) is 5.02 Å². The fourth-order valence-electron chi connectivity index (χ4n) is 2.35. The standard InChI is InChI=1S/C12H15ClN4/c13-10-3-5-17-12(7-10)15-11(16-17)6-9-2-1-4-14-8-9/h3,5,7,9,14H,1-2,4,6,8H2. The Morgan fingerprint density at radius 2 is 2.47 bits per heavy atom. The van der Waals surface area contributed by atoms with Crippen LogP contribution >= 0.6 is 11.6 Å². The van der Waals surface area contributed by atoms with Gasteiger partial charge < -0.3 is 5.32 Å². The molecule has 1 aliphatic heterocycles. The zero-order valence-electron chi connectivity index (χ0n) is 9.56. The van der Waals surface area contributed by atoms with E-state index in [2.05, 4.69) is 15.4 Å². The first-order chi connectivity index (χ1) is 8.31. The lowest BCUT2D eigenvalue weighted by Crippen LogP contribution is -2.31. The third-order valence-corrected chi connectivity index (χ3v) is 3.45. The molecule has 1 atom stereocenters. The van der Waals surface area contributed by atoms with Crippen LogP contribution in [0.25, 0.3) is 5.65 Å². The van der Waals surface area contributed by atoms with Crippen molar-refractivity contribution >= 4 is 17.2 Å². The highest BCUT2D eigenvalue weighted by Gasteiger charge is 2.16. The summed E-state index contributed by atoms with van der Waals surface area (Å²) in [6, 6.07) is 3.67. The lowest BCUT2D eigenvalue weighted by Gasteiger charge is -2.21. The zero-order chi connectivity index (χ0) is 11.7. The predicted molar refractivity (Wildman–Crippen MR) is 67.3 cm³/mol. The van der Waals surface area contributed by atoms with Crippen LogP contribution in [-0.2, 0) is 6.42 Å². The number of rotatable bonds is 2. The highest BCUT2D eigenvalue weighted by Crippen LogP contribution is 2.16. The van der Waals surface area contributed by atoms with Crippen LogP contribution in [-0.4, -0.2) is 27.7 Å². The van der Waals surface area contributed by atoms with Gasteiger partial charge in [-0.15, -0.1) is 0 Å². The van der Waals surface area contributed by atoms with Gasteiger partial charge >= 0.3 is 0 Å². The number of piperidine rings is 1. The Morgan fingerprint density at radius 1 is 1.53 bits per heavy atom. The molecule has 0 aromatic carbocycles. The van der Waals surface area contributed by atoms with Crippen molar-refractivity contribution in [3.63, 3.8) is 0 Å². The van der Waals surface area contributed by atoms with Gasteiger partial charge in [-0.3, -0.25) is 0 Å². The van der Waals surface area contributed by atoms with Gasteiger partial charge in [0.15, 0.2) is 11.5 Å². The van der Waals surface area contributed by atoms with E-state index in [4.69, 9.17) is 11.6 Å². The lowest BCUT2D eigenvalue weighted by atomic mass is 9.96. The van der Waals surface area contributed by atoms with Gasteiger partial charge in [-0.05, 0) is 37.9 Å². The van der Waals surface area contributed by atoms with Crippen LogP contribution in [0.4, 0.5) is 0 Å². The second-order valence-corrected chi connectivity index (χ2v) is 5.03. The summed E-state index contributed by atoms with van der Waals surface area (Å²) >= 11 is 5.93. The van der Waals surface area contributed by atoms with E-state index in [-0.39, 0.29) is 0 Å². The molecule has 5 heteroatoms. The number of nitrogens with zero attached hydrogens (tertiary/aromatic N) is 3. The van der Waals surface area contributed by atoms with Crippen LogP contribution in [0.1, 0.15) is 18.7 Å². The first-order valence-electron chi connectivity index (χ1n) is 6.03. The molecular weight excluding hydrogens is 236 g/mol. The summed E-state index contributed by atoms with van der Waals surface area (Å²) in [5.41, 5.74) is 0.830. The summed E-state index contributed by atoms with van der Waals surface area (Å²) in [5, 5.41) is 8.59. The Balaban J connectivity index is 1.80. The molecule has 1 fully saturated rings. The minimum atomic E-state index is 0.664. The molecule has 1 N–H and O–H groups in total. The van der Waals surface area contributed by atoms with Crippen LogP contribution in [0, 0.1) is 5.92 Å². The molecule has 0 aliphatic carbocycles. The summed E-state index contributed by atoms with van der Waals surface area (Å²) in [7, 11) is 0. The van der Waals surface area contributed by atoms with Crippen LogP contribution in [0.3, 0.4) is 0 Å². The second kappa shape index (κ2) is 4.63. The van der Waals surface area contributed by atoms with E-state index in [1.54, 1.807) is 4.52 Å². The van der Waals surface area contributed by atoms with Gasteiger partial charge in [0.1, 0.15) is 0 Å². The van der Waals surface area contributed by atoms with Gasteiger partial charge in [0.25, 0.3) is 0 Å². The average Bonchev–Trinajstić information content (AvgIpc) is 2.71. The summed E-state index contributed by atoms with van der Waals surface area (Å²) in [4.78, 5) is 4.51. The van der Waals surface area contributed by atoms with Crippen LogP contribution < -0.4 is 5.32 Å². The maximum Gasteiger partial charge on any atom is 0.157 e. The molecule has 0 amide bonds. The number of aromatic nitrogens is 3. The molecule has 3 heterocycles. The minimum Gasteiger partial charge on any atom is -0.316 e. The molecule has 2 aromatic rings. The van der Waals surface area contributed by atoms with E-state index in [9.17, 15) is 0 Å². The van der Waals surface area contributed by atoms with Gasteiger partial charge in [0.2, 0.25) is 0 Å². The molecule has 4 nitrogen and oxygen atoms in total. The first-order valence-corrected chi connectivity index (χ1v) is 6.40. The summed E-state index contributed by atoms with van der Waals surface area (Å²) in [6.07, 6.45) is 5.33. The van der Waals surface area contributed by atoms with Crippen LogP contribution in [0.15, 0.2) is 18.3 Å². The Labute approximate surface area is 105 Å². The average molecular weight is 251 g/mol. The quantitative estimate of drug-likeness (QED) is 0.886. The predicted octanol–water partition coefficient (Wildman–Crippen LogP) is 1.92. The molecule has 90 valence electrons. The monoisotopic (exact) mass is 250 g/mol. The number of hydrogen-bond donors (Lipinski definition) is 1. The van der Waals surface area contributed by atoms with Gasteiger partial charge in [-0.2, -0.15) is 5.10 Å². The van der Waals surface area contributed by atoms with Crippen molar-refractivity contribution in [3.8, 4) is 0 Å². The van der Waals surface area contributed by atoms with E-state index in [0.29, 0.717) is 10.9 Å². The molecule has 0 spiro atoms. The van der Waals surface area contributed by atoms with Gasteiger partial charge in [0.05, 0.1) is 0 Å². The Morgan fingerprint density at radius 3 is 3.29 bits per heavy atom. The molecule has 1 unspecified atom stereocenters. The van der Waals surface area contributed by atoms with Crippen LogP contribution in [0.5, 0.6) is 0 Å². The van der Waals surface area contributed by atoms with Crippen molar-refractivity contribution < 1.29 is 0 Å². The molecule has 0 radical (unpaired) electrons. The van der Waals surface area contributed by atoms with E-state index in [1.165, 1.54) is 12.8 Å². The van der Waals surface area contributed by atoms with Gasteiger partial charge in [-0.1, -0.05) is 11.6 Å². The zero-order valence-corrected chi connectivity index (χ0v) is 10.3. The highest BCUT2D eigenvalue weighted by molar-refractivity contribution is 6.30. The topological polar surface area (TPSA) is 42.2 Å². The van der Waals surface area contributed by atoms with Crippen molar-refractivity contribution in [1.82, 2.24) is 19.9 Å². The second-order valence-electron chi connectivity index (χ2n) is 4.59. The SMILES string of the molecule is Clc1ccn2nc(CC3CCCNC3)nc2c1. The molecule has 0 saturated carbocycles. The van der Waals surface area contributed by atoms with Crippen molar-refractivity contribution in [2.75, 3.05) is 13.1 Å². The molecule has 2 aromatic heterocycles. The number of pyridine rings is 1. The van der Waals surface area contributed by atoms with Crippen molar-refractivity contribution in [2.45, 2.75) is 19.3 Å². The molecule has 0 bridgehead atoms. The molecule has 1 aliphatic rings. The number of halogens is 1. The third kappa shape index (κ3) is 2.42. The third-order valence-electron chi connectivity index (χ3n) is 3.21. The summed E-state index contributed by atoms with van der Waals surface area (Å²) in [5.74, 6) is 1.58. The maximum absolute atomic E-state index is 5.93. The number of nitrogens with one attached hydrogen (secondary N) is 1. The van der Waals surface area contributed by atoms with Gasteiger partial charge in [-0.25, -0.2) is 9.50 Å². The van der Waals surface area contributed by atoms with E-state index < -0.39 is 0 Å². The van der Waals surface area contributed by atoms with E-state index in [1.807, 2.05) is 18.3 Å². The van der Waals surface area contributed by atoms with E-state index >= 15 is 0 Å². The van der Waals surface area contributed by atoms with Crippen molar-refractivity contribution in [3.05, 3.63) is 29.2 Å². The maximum atomic E-state index is 5.93. The molecule has 17 heavy (non-hydrogen) atoms. The Kier molecular flexibility index (Phi) is 2.99. The molecule has 1 saturated heterocycles. The smallest absolute Gasteiger partial charge is 0.157 e. The van der Waals surface area contributed by atoms with Crippen molar-refractivity contribution in [2.24, 2.45) is 5.92 Å². The summed E-state index contributed by atoms with van der Waals surface area (Å²) < 4.78 is 1.79. The molecular formula is C12H15ClN4. The Hall–Kier alpha value is -1.13. The fraction of sp³-hybridized carbons (Fsp3) is 0.500. The lowest BCUT2D eigenvalue weighted by molar-refractivity contribution is 0.371. The van der Waals surface area contributed by atoms with Crippen molar-refractivity contribution in [1.29, 1.82) is 0 Å². The van der Waals surface area contributed by atoms with E-state index in [0.717, 1.165) is 31.0 Å². The highest BCUT2D eigenvalue weighted by atomic mass is 35.5. The first kappa shape index (κ1) is 11.0. The largest absolute Gasteiger partial charge is 0.316 e. The Bertz CT molecular complexity index is 516. The minimum absolute atomic E-state index is 0.664. The number of hydrogen-bond acceptors (Lipinski definition) is 3. The summed E-state index contributed by atoms with van der Waals surface area (Å²) in [6.45, 7) is 2.22. The normalized spacial score (nSPS) is 20.9. The fourth-order valence-corrected chi connectivity index (χ4v) is 2.50. The number of fused-ring (bicyclic) bond motifs is 1. The van der Waals surface area contributed by atoms with Gasteiger partial charge in [0, 0.05) is 23.7 Å².